The van der Waals surface area contributed by atoms with Gasteiger partial charge >= 0.3 is 0 Å². The fourth-order valence-electron chi connectivity index (χ4n) is 3.10. The Kier molecular flexibility index (Phi) is 3.46. The van der Waals surface area contributed by atoms with Crippen LogP contribution in [0.25, 0.3) is 27.8 Å². The third-order valence-corrected chi connectivity index (χ3v) is 4.69. The second-order valence-electron chi connectivity index (χ2n) is 6.42. The predicted octanol–water partition coefficient (Wildman–Crippen LogP) is 5.62. The largest absolute Gasteiger partial charge is 0.324 e. The van der Waals surface area contributed by atoms with Crippen LogP contribution in [-0.4, -0.2) is 9.55 Å². The van der Waals surface area contributed by atoms with E-state index in [4.69, 9.17) is 4.98 Å². The molecule has 4 aromatic rings. The highest BCUT2D eigenvalue weighted by Crippen LogP contribution is 2.26. The van der Waals surface area contributed by atoms with Gasteiger partial charge < -0.3 is 4.57 Å². The molecule has 0 spiro atoms. The molecule has 0 amide bonds. The molecule has 0 N–H and O–H groups in total. The Morgan fingerprint density at radius 2 is 1.54 bits per heavy atom. The Hall–Kier alpha value is -2.87. The first-order valence-corrected chi connectivity index (χ1v) is 8.24. The summed E-state index contributed by atoms with van der Waals surface area (Å²) in [6, 6.07) is 19.3. The van der Waals surface area contributed by atoms with Gasteiger partial charge in [0.25, 0.3) is 0 Å². The molecule has 24 heavy (non-hydrogen) atoms. The topological polar surface area (TPSA) is 17.8 Å². The van der Waals surface area contributed by atoms with Crippen molar-refractivity contribution in [3.8, 4) is 16.9 Å². The standard InChI is InChI=1S/C22H20N2/c1-15-6-7-18(12-16(15)2)20-9-8-19-14-22(24-10-4-5-11-24)17(3)13-21(19)23-20/h4-14H,1-3H3. The Morgan fingerprint density at radius 1 is 0.750 bits per heavy atom. The van der Waals surface area contributed by atoms with Gasteiger partial charge in [0.15, 0.2) is 0 Å². The van der Waals surface area contributed by atoms with E-state index in [1.165, 1.54) is 27.9 Å². The van der Waals surface area contributed by atoms with Gasteiger partial charge in [-0.3, -0.25) is 0 Å². The zero-order valence-electron chi connectivity index (χ0n) is 14.2. The molecule has 0 saturated carbocycles. The number of benzene rings is 2. The van der Waals surface area contributed by atoms with Crippen molar-refractivity contribution >= 4 is 10.9 Å². The van der Waals surface area contributed by atoms with Gasteiger partial charge in [-0.05, 0) is 73.9 Å². The SMILES string of the molecule is Cc1ccc(-c2ccc3cc(-n4cccc4)c(C)cc3n2)cc1C. The minimum Gasteiger partial charge on any atom is -0.324 e. The molecule has 0 bridgehead atoms. The number of hydrogen-bond acceptors (Lipinski definition) is 1. The van der Waals surface area contributed by atoms with Gasteiger partial charge in [0.2, 0.25) is 0 Å². The van der Waals surface area contributed by atoms with Crippen molar-refractivity contribution in [3.05, 3.63) is 83.7 Å². The van der Waals surface area contributed by atoms with Gasteiger partial charge in [-0.25, -0.2) is 4.98 Å². The molecule has 0 aliphatic rings. The van der Waals surface area contributed by atoms with E-state index in [9.17, 15) is 0 Å². The van der Waals surface area contributed by atoms with Crippen LogP contribution in [0.1, 0.15) is 16.7 Å². The van der Waals surface area contributed by atoms with Crippen molar-refractivity contribution in [3.63, 3.8) is 0 Å². The van der Waals surface area contributed by atoms with Crippen LogP contribution in [0.15, 0.2) is 67.0 Å². The fourth-order valence-corrected chi connectivity index (χ4v) is 3.10. The smallest absolute Gasteiger partial charge is 0.0713 e. The number of rotatable bonds is 2. The van der Waals surface area contributed by atoms with Gasteiger partial charge in [0.1, 0.15) is 0 Å². The van der Waals surface area contributed by atoms with Crippen LogP contribution >= 0.6 is 0 Å². The first-order valence-electron chi connectivity index (χ1n) is 8.24. The normalized spacial score (nSPS) is 11.1. The summed E-state index contributed by atoms with van der Waals surface area (Å²) in [5, 5.41) is 1.16. The molecule has 2 heterocycles. The first kappa shape index (κ1) is 14.7. The Labute approximate surface area is 142 Å². The molecular formula is C22H20N2. The molecule has 118 valence electrons. The van der Waals surface area contributed by atoms with Crippen LogP contribution in [0.5, 0.6) is 0 Å². The second-order valence-corrected chi connectivity index (χ2v) is 6.42. The van der Waals surface area contributed by atoms with E-state index in [0.717, 1.165) is 16.6 Å². The number of aryl methyl sites for hydroxylation is 3. The van der Waals surface area contributed by atoms with Crippen LogP contribution in [0.2, 0.25) is 0 Å². The van der Waals surface area contributed by atoms with E-state index >= 15 is 0 Å². The van der Waals surface area contributed by atoms with Crippen molar-refractivity contribution in [1.29, 1.82) is 0 Å². The molecule has 2 heteroatoms. The Morgan fingerprint density at radius 3 is 2.29 bits per heavy atom. The van der Waals surface area contributed by atoms with Crippen LogP contribution in [0.3, 0.4) is 0 Å². The summed E-state index contributed by atoms with van der Waals surface area (Å²) < 4.78 is 2.14. The fraction of sp³-hybridized carbons (Fsp3) is 0.136. The summed E-state index contributed by atoms with van der Waals surface area (Å²) >= 11 is 0. The molecule has 4 rings (SSSR count). The molecule has 2 aromatic carbocycles. The maximum absolute atomic E-state index is 4.89. The zero-order chi connectivity index (χ0) is 16.7. The average Bonchev–Trinajstić information content (AvgIpc) is 3.10. The Bertz CT molecular complexity index is 1030. The van der Waals surface area contributed by atoms with Gasteiger partial charge in [0, 0.05) is 29.0 Å². The third-order valence-electron chi connectivity index (χ3n) is 4.69. The highest BCUT2D eigenvalue weighted by molar-refractivity contribution is 5.84. The molecule has 0 aliphatic carbocycles. The lowest BCUT2D eigenvalue weighted by Crippen LogP contribution is -1.95. The van der Waals surface area contributed by atoms with Crippen LogP contribution in [0, 0.1) is 20.8 Å². The van der Waals surface area contributed by atoms with Gasteiger partial charge in [-0.15, -0.1) is 0 Å². The van der Waals surface area contributed by atoms with E-state index in [0.29, 0.717) is 0 Å². The zero-order valence-corrected chi connectivity index (χ0v) is 14.2. The number of fused-ring (bicyclic) bond motifs is 1. The Balaban J connectivity index is 1.84. The molecule has 0 unspecified atom stereocenters. The summed E-state index contributed by atoms with van der Waals surface area (Å²) in [5.74, 6) is 0. The maximum Gasteiger partial charge on any atom is 0.0713 e. The van der Waals surface area contributed by atoms with E-state index in [-0.39, 0.29) is 0 Å². The minimum absolute atomic E-state index is 1.03. The number of pyridine rings is 1. The quantitative estimate of drug-likeness (QED) is 0.470. The third kappa shape index (κ3) is 2.50. The molecular weight excluding hydrogens is 292 g/mol. The van der Waals surface area contributed by atoms with Crippen molar-refractivity contribution in [2.45, 2.75) is 20.8 Å². The highest BCUT2D eigenvalue weighted by atomic mass is 14.9. The number of hydrogen-bond donors (Lipinski definition) is 0. The minimum atomic E-state index is 1.03. The van der Waals surface area contributed by atoms with Crippen LogP contribution in [-0.2, 0) is 0 Å². The molecule has 2 aromatic heterocycles. The number of aromatic nitrogens is 2. The van der Waals surface area contributed by atoms with Crippen LogP contribution in [0.4, 0.5) is 0 Å². The van der Waals surface area contributed by atoms with E-state index in [2.05, 4.69) is 80.2 Å². The van der Waals surface area contributed by atoms with E-state index < -0.39 is 0 Å². The molecule has 0 fully saturated rings. The molecule has 0 aliphatic heterocycles. The van der Waals surface area contributed by atoms with Gasteiger partial charge in [-0.2, -0.15) is 0 Å². The molecule has 0 saturated heterocycles. The average molecular weight is 312 g/mol. The summed E-state index contributed by atoms with van der Waals surface area (Å²) in [6.45, 7) is 6.42. The lowest BCUT2D eigenvalue weighted by atomic mass is 10.0. The van der Waals surface area contributed by atoms with Gasteiger partial charge in [0.05, 0.1) is 11.2 Å². The lowest BCUT2D eigenvalue weighted by Gasteiger charge is -2.11. The van der Waals surface area contributed by atoms with Crippen molar-refractivity contribution in [1.82, 2.24) is 9.55 Å². The van der Waals surface area contributed by atoms with Gasteiger partial charge in [-0.1, -0.05) is 18.2 Å². The van der Waals surface area contributed by atoms with E-state index in [1.807, 2.05) is 12.1 Å². The molecule has 2 nitrogen and oxygen atoms in total. The predicted molar refractivity (Wildman–Crippen MR) is 101 cm³/mol. The molecule has 0 radical (unpaired) electrons. The van der Waals surface area contributed by atoms with Crippen LogP contribution < -0.4 is 0 Å². The second kappa shape index (κ2) is 5.64. The summed E-state index contributed by atoms with van der Waals surface area (Å²) in [5.41, 5.74) is 8.28. The lowest BCUT2D eigenvalue weighted by molar-refractivity contribution is 1.06. The summed E-state index contributed by atoms with van der Waals surface area (Å²) in [6.07, 6.45) is 4.15. The molecule has 0 atom stereocenters. The number of nitrogens with zero attached hydrogens (tertiary/aromatic N) is 2. The highest BCUT2D eigenvalue weighted by Gasteiger charge is 2.07. The first-order chi connectivity index (χ1) is 11.6. The van der Waals surface area contributed by atoms with Crippen molar-refractivity contribution in [2.24, 2.45) is 0 Å². The summed E-state index contributed by atoms with van der Waals surface area (Å²) in [4.78, 5) is 4.89. The summed E-state index contributed by atoms with van der Waals surface area (Å²) in [7, 11) is 0. The van der Waals surface area contributed by atoms with Crippen molar-refractivity contribution < 1.29 is 0 Å². The van der Waals surface area contributed by atoms with Crippen molar-refractivity contribution in [2.75, 3.05) is 0 Å². The monoisotopic (exact) mass is 312 g/mol. The van der Waals surface area contributed by atoms with E-state index in [1.54, 1.807) is 0 Å². The maximum atomic E-state index is 4.89.